The van der Waals surface area contributed by atoms with E-state index in [2.05, 4.69) is 32.7 Å². The molecule has 7 heteroatoms. The van der Waals surface area contributed by atoms with Crippen molar-refractivity contribution in [1.82, 2.24) is 15.3 Å². The second-order valence-electron chi connectivity index (χ2n) is 7.85. The van der Waals surface area contributed by atoms with Crippen LogP contribution < -0.4 is 25.0 Å². The second kappa shape index (κ2) is 10.3. The summed E-state index contributed by atoms with van der Waals surface area (Å²) in [6.45, 7) is 1.84. The highest BCUT2D eigenvalue weighted by Crippen LogP contribution is 2.26. The lowest BCUT2D eigenvalue weighted by Gasteiger charge is -2.29. The molecule has 7 nitrogen and oxygen atoms in total. The van der Waals surface area contributed by atoms with Gasteiger partial charge in [-0.05, 0) is 61.9 Å². The van der Waals surface area contributed by atoms with Crippen molar-refractivity contribution in [2.24, 2.45) is 5.92 Å². The summed E-state index contributed by atoms with van der Waals surface area (Å²) in [5, 5.41) is 7.10. The van der Waals surface area contributed by atoms with Crippen LogP contribution in [0.1, 0.15) is 31.2 Å². The first-order chi connectivity index (χ1) is 14.1. The monoisotopic (exact) mass is 399 g/mol. The molecule has 0 bridgehead atoms. The third-order valence-electron chi connectivity index (χ3n) is 5.45. The molecule has 1 saturated carbocycles. The van der Waals surface area contributed by atoms with Gasteiger partial charge in [0.1, 0.15) is 17.3 Å². The molecule has 158 valence electrons. The van der Waals surface area contributed by atoms with Gasteiger partial charge in [0.15, 0.2) is 0 Å². The lowest BCUT2D eigenvalue weighted by Crippen LogP contribution is -2.31. The lowest BCUT2D eigenvalue weighted by atomic mass is 9.86. The molecule has 2 N–H and O–H groups in total. The van der Waals surface area contributed by atoms with E-state index in [0.717, 1.165) is 49.2 Å². The zero-order valence-electron chi connectivity index (χ0n) is 17.9. The van der Waals surface area contributed by atoms with Gasteiger partial charge in [-0.1, -0.05) is 0 Å². The summed E-state index contributed by atoms with van der Waals surface area (Å²) in [6.07, 6.45) is 6.52. The van der Waals surface area contributed by atoms with Crippen molar-refractivity contribution in [2.45, 2.75) is 38.3 Å². The fourth-order valence-corrected chi connectivity index (χ4v) is 3.75. The molecule has 1 aliphatic carbocycles. The number of hydrogen-bond donors (Lipinski definition) is 2. The van der Waals surface area contributed by atoms with Crippen LogP contribution in [-0.2, 0) is 6.54 Å². The Morgan fingerprint density at radius 2 is 1.72 bits per heavy atom. The highest BCUT2D eigenvalue weighted by Gasteiger charge is 2.21. The lowest BCUT2D eigenvalue weighted by molar-refractivity contribution is 0.323. The van der Waals surface area contributed by atoms with E-state index in [4.69, 9.17) is 9.47 Å². The maximum Gasteiger partial charge on any atom is 0.224 e. The number of nitrogens with one attached hydrogen (secondary N) is 2. The molecule has 3 rings (SSSR count). The summed E-state index contributed by atoms with van der Waals surface area (Å²) < 4.78 is 10.7. The number of rotatable bonds is 9. The van der Waals surface area contributed by atoms with E-state index in [1.54, 1.807) is 14.2 Å². The van der Waals surface area contributed by atoms with E-state index in [9.17, 15) is 0 Å². The molecule has 0 spiro atoms. The standard InChI is InChI=1S/C22H33N5O2/c1-27(2)21-9-10-24-22(26-21)25-18-7-5-16(6-8-18)14-23-15-17-11-19(28-3)13-20(12-17)29-4/h9-13,16,18,23H,5-8,14-15H2,1-4H3,(H,24,25,26). The van der Waals surface area contributed by atoms with E-state index in [1.165, 1.54) is 18.4 Å². The van der Waals surface area contributed by atoms with Crippen LogP contribution in [0.4, 0.5) is 11.8 Å². The molecule has 2 aromatic rings. The summed E-state index contributed by atoms with van der Waals surface area (Å²) >= 11 is 0. The van der Waals surface area contributed by atoms with E-state index < -0.39 is 0 Å². The van der Waals surface area contributed by atoms with Gasteiger partial charge in [-0.15, -0.1) is 0 Å². The van der Waals surface area contributed by atoms with Crippen molar-refractivity contribution in [1.29, 1.82) is 0 Å². The predicted octanol–water partition coefficient (Wildman–Crippen LogP) is 3.32. The molecule has 0 radical (unpaired) electrons. The Morgan fingerprint density at radius 3 is 2.34 bits per heavy atom. The molecular weight excluding hydrogens is 366 g/mol. The number of methoxy groups -OCH3 is 2. The van der Waals surface area contributed by atoms with Crippen molar-refractivity contribution in [3.05, 3.63) is 36.0 Å². The molecule has 1 aromatic heterocycles. The molecule has 1 fully saturated rings. The number of ether oxygens (including phenoxy) is 2. The molecule has 0 amide bonds. The molecule has 1 aliphatic rings. The second-order valence-corrected chi connectivity index (χ2v) is 7.85. The highest BCUT2D eigenvalue weighted by atomic mass is 16.5. The van der Waals surface area contributed by atoms with Gasteiger partial charge in [0, 0.05) is 38.9 Å². The predicted molar refractivity (Wildman–Crippen MR) is 117 cm³/mol. The first kappa shape index (κ1) is 21.2. The molecular formula is C22H33N5O2. The Balaban J connectivity index is 1.42. The van der Waals surface area contributed by atoms with Crippen LogP contribution in [0.2, 0.25) is 0 Å². The fourth-order valence-electron chi connectivity index (χ4n) is 3.75. The zero-order valence-corrected chi connectivity index (χ0v) is 17.9. The Morgan fingerprint density at radius 1 is 1.03 bits per heavy atom. The van der Waals surface area contributed by atoms with Gasteiger partial charge in [-0.3, -0.25) is 0 Å². The summed E-state index contributed by atoms with van der Waals surface area (Å²) in [4.78, 5) is 10.9. The van der Waals surface area contributed by atoms with Crippen LogP contribution >= 0.6 is 0 Å². The Kier molecular flexibility index (Phi) is 7.52. The number of hydrogen-bond acceptors (Lipinski definition) is 7. The number of anilines is 2. The molecule has 29 heavy (non-hydrogen) atoms. The van der Waals surface area contributed by atoms with Crippen LogP contribution in [0.15, 0.2) is 30.5 Å². The maximum atomic E-state index is 5.35. The van der Waals surface area contributed by atoms with Gasteiger partial charge in [0.25, 0.3) is 0 Å². The van der Waals surface area contributed by atoms with Crippen LogP contribution in [0.3, 0.4) is 0 Å². The summed E-state index contributed by atoms with van der Waals surface area (Å²) in [6, 6.07) is 8.38. The number of benzene rings is 1. The minimum atomic E-state index is 0.450. The largest absolute Gasteiger partial charge is 0.497 e. The van der Waals surface area contributed by atoms with Crippen molar-refractivity contribution in [2.75, 3.05) is 45.1 Å². The van der Waals surface area contributed by atoms with Crippen molar-refractivity contribution in [3.8, 4) is 11.5 Å². The molecule has 1 aromatic carbocycles. The van der Waals surface area contributed by atoms with Crippen molar-refractivity contribution >= 4 is 11.8 Å². The minimum absolute atomic E-state index is 0.450. The van der Waals surface area contributed by atoms with E-state index in [-0.39, 0.29) is 0 Å². The SMILES string of the molecule is COc1cc(CNCC2CCC(Nc3nccc(N(C)C)n3)CC2)cc(OC)c1. The Labute approximate surface area is 173 Å². The van der Waals surface area contributed by atoms with Crippen molar-refractivity contribution < 1.29 is 9.47 Å². The topological polar surface area (TPSA) is 71.5 Å². The van der Waals surface area contributed by atoms with Crippen LogP contribution in [-0.4, -0.2) is 50.9 Å². The first-order valence-electron chi connectivity index (χ1n) is 10.3. The molecule has 0 saturated heterocycles. The van der Waals surface area contributed by atoms with Crippen LogP contribution in [0.25, 0.3) is 0 Å². The third-order valence-corrected chi connectivity index (χ3v) is 5.45. The van der Waals surface area contributed by atoms with Gasteiger partial charge < -0.3 is 25.0 Å². The van der Waals surface area contributed by atoms with Crippen LogP contribution in [0, 0.1) is 5.92 Å². The van der Waals surface area contributed by atoms with Gasteiger partial charge in [0.2, 0.25) is 5.95 Å². The maximum absolute atomic E-state index is 5.35. The smallest absolute Gasteiger partial charge is 0.224 e. The summed E-state index contributed by atoms with van der Waals surface area (Å²) in [5.41, 5.74) is 1.18. The minimum Gasteiger partial charge on any atom is -0.497 e. The molecule has 0 atom stereocenters. The van der Waals surface area contributed by atoms with Gasteiger partial charge in [-0.25, -0.2) is 4.98 Å². The highest BCUT2D eigenvalue weighted by molar-refractivity contribution is 5.41. The van der Waals surface area contributed by atoms with E-state index in [0.29, 0.717) is 12.0 Å². The molecule has 0 aliphatic heterocycles. The van der Waals surface area contributed by atoms with Crippen LogP contribution in [0.5, 0.6) is 11.5 Å². The molecule has 0 unspecified atom stereocenters. The summed E-state index contributed by atoms with van der Waals surface area (Å²) in [5.74, 6) is 4.01. The van der Waals surface area contributed by atoms with E-state index >= 15 is 0 Å². The van der Waals surface area contributed by atoms with Gasteiger partial charge in [-0.2, -0.15) is 4.98 Å². The normalized spacial score (nSPS) is 18.9. The van der Waals surface area contributed by atoms with Gasteiger partial charge >= 0.3 is 0 Å². The Bertz CT molecular complexity index is 753. The fraction of sp³-hybridized carbons (Fsp3) is 0.545. The quantitative estimate of drug-likeness (QED) is 0.670. The average Bonchev–Trinajstić information content (AvgIpc) is 2.75. The average molecular weight is 400 g/mol. The van der Waals surface area contributed by atoms with Gasteiger partial charge in [0.05, 0.1) is 14.2 Å². The first-order valence-corrected chi connectivity index (χ1v) is 10.3. The number of nitrogens with zero attached hydrogens (tertiary/aromatic N) is 3. The summed E-state index contributed by atoms with van der Waals surface area (Å²) in [7, 11) is 7.35. The molecule has 1 heterocycles. The zero-order chi connectivity index (χ0) is 20.6. The Hall–Kier alpha value is -2.54. The number of aromatic nitrogens is 2. The van der Waals surface area contributed by atoms with Crippen molar-refractivity contribution in [3.63, 3.8) is 0 Å². The van der Waals surface area contributed by atoms with E-state index in [1.807, 2.05) is 37.3 Å². The third kappa shape index (κ3) is 6.22.